The van der Waals surface area contributed by atoms with E-state index in [0.717, 1.165) is 34.1 Å². The number of aromatic nitrogens is 2. The Morgan fingerprint density at radius 1 is 0.287 bits per heavy atom. The molecule has 0 radical (unpaired) electrons. The molecule has 0 spiro atoms. The van der Waals surface area contributed by atoms with Crippen molar-refractivity contribution in [1.82, 2.24) is 8.80 Å². The van der Waals surface area contributed by atoms with Gasteiger partial charge in [0.15, 0.2) is 0 Å². The molecular formula is C76H62N4. The van der Waals surface area contributed by atoms with Crippen LogP contribution < -0.4 is 9.80 Å². The first-order valence-corrected chi connectivity index (χ1v) is 28.2. The van der Waals surface area contributed by atoms with Gasteiger partial charge in [-0.15, -0.1) is 0 Å². The monoisotopic (exact) mass is 1030 g/mol. The third-order valence-electron chi connectivity index (χ3n) is 17.2. The number of nitrogens with zero attached hydrogens (tertiary/aromatic N) is 4. The second kappa shape index (κ2) is 17.6. The van der Waals surface area contributed by atoms with Crippen molar-refractivity contribution in [2.45, 2.75) is 66.2 Å². The molecule has 4 aromatic heterocycles. The molecule has 4 nitrogen and oxygen atoms in total. The number of hydrogen-bond donors (Lipinski definition) is 0. The molecule has 15 aromatic rings. The van der Waals surface area contributed by atoms with Crippen molar-refractivity contribution < 1.29 is 0 Å². The average molecular weight is 1030 g/mol. The van der Waals surface area contributed by atoms with Crippen molar-refractivity contribution in [3.05, 3.63) is 253 Å². The minimum Gasteiger partial charge on any atom is -0.310 e. The molecule has 0 aliphatic heterocycles. The highest BCUT2D eigenvalue weighted by atomic mass is 15.2. The van der Waals surface area contributed by atoms with E-state index in [4.69, 9.17) is 0 Å². The molecule has 0 aliphatic rings. The standard InChI is InChI=1S/C76H62N4/c1-47-25-31-55(32-26-47)77(57-23-15-21-51(41-57)49-17-11-9-12-18-49)67-39-35-59-61-45-70-62(46-69(61)79-65-37-29-53(75(3,4)5)43-63(65)71(67)73(59)79)60-36-40-68(72-64-44-54(76(6,7)8)30-38-66(64)80(70)74(60)72)78(56-33-27-48(2)28-34-56)58-24-16-22-52(42-58)50-19-13-10-14-20-50/h9-46H,1-8H3. The minimum atomic E-state index is -0.0505. The van der Waals surface area contributed by atoms with E-state index in [9.17, 15) is 0 Å². The zero-order chi connectivity index (χ0) is 54.3. The van der Waals surface area contributed by atoms with Gasteiger partial charge in [-0.1, -0.05) is 186 Å². The summed E-state index contributed by atoms with van der Waals surface area (Å²) < 4.78 is 5.18. The van der Waals surface area contributed by atoms with Crippen LogP contribution in [0, 0.1) is 13.8 Å². The van der Waals surface area contributed by atoms with E-state index in [1.54, 1.807) is 0 Å². The molecule has 0 N–H and O–H groups in total. The van der Waals surface area contributed by atoms with Crippen molar-refractivity contribution in [1.29, 1.82) is 0 Å². The van der Waals surface area contributed by atoms with Crippen LogP contribution in [0.1, 0.15) is 63.8 Å². The van der Waals surface area contributed by atoms with E-state index in [1.807, 2.05) is 0 Å². The van der Waals surface area contributed by atoms with Gasteiger partial charge < -0.3 is 18.6 Å². The molecule has 0 saturated heterocycles. The zero-order valence-electron chi connectivity index (χ0n) is 46.7. The summed E-state index contributed by atoms with van der Waals surface area (Å²) in [5, 5.41) is 10.0. The third-order valence-corrected chi connectivity index (χ3v) is 17.2. The molecule has 386 valence electrons. The maximum Gasteiger partial charge on any atom is 0.0641 e. The summed E-state index contributed by atoms with van der Waals surface area (Å²) in [6, 6.07) is 86.7. The van der Waals surface area contributed by atoms with Gasteiger partial charge in [0, 0.05) is 65.8 Å². The van der Waals surface area contributed by atoms with Crippen LogP contribution in [0.15, 0.2) is 231 Å². The summed E-state index contributed by atoms with van der Waals surface area (Å²) in [7, 11) is 0. The van der Waals surface area contributed by atoms with Gasteiger partial charge in [0.05, 0.1) is 44.5 Å². The van der Waals surface area contributed by atoms with Crippen molar-refractivity contribution in [3.8, 4) is 22.3 Å². The Labute approximate surface area is 467 Å². The number of hydrogen-bond acceptors (Lipinski definition) is 2. The predicted octanol–water partition coefficient (Wildman–Crippen LogP) is 21.5. The van der Waals surface area contributed by atoms with Crippen LogP contribution in [0.5, 0.6) is 0 Å². The van der Waals surface area contributed by atoms with Crippen LogP contribution in [0.4, 0.5) is 34.1 Å². The van der Waals surface area contributed by atoms with Crippen molar-refractivity contribution >= 4 is 110 Å². The molecule has 11 aromatic carbocycles. The molecule has 0 atom stereocenters. The van der Waals surface area contributed by atoms with Crippen molar-refractivity contribution in [2.75, 3.05) is 9.80 Å². The van der Waals surface area contributed by atoms with Gasteiger partial charge in [0.2, 0.25) is 0 Å². The highest BCUT2D eigenvalue weighted by Crippen LogP contribution is 2.52. The summed E-state index contributed by atoms with van der Waals surface area (Å²) in [6.07, 6.45) is 0. The van der Waals surface area contributed by atoms with Crippen LogP contribution >= 0.6 is 0 Å². The largest absolute Gasteiger partial charge is 0.310 e. The molecule has 0 unspecified atom stereocenters. The number of benzene rings is 11. The molecule has 0 amide bonds. The highest BCUT2D eigenvalue weighted by molar-refractivity contribution is 6.32. The normalized spacial score (nSPS) is 12.5. The maximum atomic E-state index is 2.59. The fourth-order valence-electron chi connectivity index (χ4n) is 13.0. The summed E-state index contributed by atoms with van der Waals surface area (Å²) >= 11 is 0. The number of fused-ring (bicyclic) bond motifs is 12. The fraction of sp³-hybridized carbons (Fsp3) is 0.132. The molecule has 0 saturated carbocycles. The third kappa shape index (κ3) is 7.35. The lowest BCUT2D eigenvalue weighted by Gasteiger charge is -2.27. The Hall–Kier alpha value is -9.38. The van der Waals surface area contributed by atoms with Gasteiger partial charge >= 0.3 is 0 Å². The summed E-state index contributed by atoms with van der Waals surface area (Å²) in [6.45, 7) is 18.3. The van der Waals surface area contributed by atoms with Gasteiger partial charge in [-0.3, -0.25) is 0 Å². The first-order chi connectivity index (χ1) is 38.8. The minimum absolute atomic E-state index is 0.0505. The quantitative estimate of drug-likeness (QED) is 0.151. The van der Waals surface area contributed by atoms with Crippen molar-refractivity contribution in [2.24, 2.45) is 0 Å². The Morgan fingerprint density at radius 2 is 0.675 bits per heavy atom. The summed E-state index contributed by atoms with van der Waals surface area (Å²) in [5.41, 5.74) is 23.9. The van der Waals surface area contributed by atoms with E-state index in [2.05, 4.69) is 305 Å². The van der Waals surface area contributed by atoms with Gasteiger partial charge in [0.25, 0.3) is 0 Å². The number of rotatable bonds is 8. The summed E-state index contributed by atoms with van der Waals surface area (Å²) in [5.74, 6) is 0. The number of anilines is 6. The molecule has 15 rings (SSSR count). The number of aryl methyl sites for hydroxylation is 2. The second-order valence-electron chi connectivity index (χ2n) is 24.4. The molecule has 80 heavy (non-hydrogen) atoms. The van der Waals surface area contributed by atoms with Gasteiger partial charge in [-0.25, -0.2) is 0 Å². The Bertz CT molecular complexity index is 4580. The van der Waals surface area contributed by atoms with Crippen LogP contribution in [-0.4, -0.2) is 8.80 Å². The van der Waals surface area contributed by atoms with E-state index >= 15 is 0 Å². The smallest absolute Gasteiger partial charge is 0.0641 e. The second-order valence-corrected chi connectivity index (χ2v) is 24.4. The predicted molar refractivity (Wildman–Crippen MR) is 343 cm³/mol. The Balaban J connectivity index is 1.03. The molecule has 4 heteroatoms. The average Bonchev–Trinajstić information content (AvgIpc) is 4.28. The first-order valence-electron chi connectivity index (χ1n) is 28.2. The first kappa shape index (κ1) is 47.8. The molecule has 0 aliphatic carbocycles. The van der Waals surface area contributed by atoms with E-state index in [1.165, 1.54) is 121 Å². The maximum absolute atomic E-state index is 2.59. The Kier molecular flexibility index (Phi) is 10.5. The zero-order valence-corrected chi connectivity index (χ0v) is 46.7. The molecule has 0 fully saturated rings. The van der Waals surface area contributed by atoms with Crippen LogP contribution in [0.2, 0.25) is 0 Å². The fourth-order valence-corrected chi connectivity index (χ4v) is 13.0. The molecular weight excluding hydrogens is 969 g/mol. The lowest BCUT2D eigenvalue weighted by molar-refractivity contribution is 0.591. The lowest BCUT2D eigenvalue weighted by atomic mass is 9.86. The molecule has 0 bridgehead atoms. The SMILES string of the molecule is Cc1ccc(N(c2cccc(-c3ccccc3)c2)c2ccc3c4cc5c(cc4n4c6ccc(C(C)(C)C)cc6c2c34)c2ccc(N(c3ccc(C)cc3)c3cccc(-c4ccccc4)c3)c3c4cc(C(C)(C)C)ccc4n5c23)cc1. The summed E-state index contributed by atoms with van der Waals surface area (Å²) in [4.78, 5) is 4.98. The van der Waals surface area contributed by atoms with Gasteiger partial charge in [0.1, 0.15) is 0 Å². The van der Waals surface area contributed by atoms with Crippen LogP contribution in [0.25, 0.3) is 98.4 Å². The van der Waals surface area contributed by atoms with Gasteiger partial charge in [-0.2, -0.15) is 0 Å². The van der Waals surface area contributed by atoms with Crippen LogP contribution in [0.3, 0.4) is 0 Å². The van der Waals surface area contributed by atoms with E-state index < -0.39 is 0 Å². The van der Waals surface area contributed by atoms with Crippen LogP contribution in [-0.2, 0) is 10.8 Å². The van der Waals surface area contributed by atoms with Crippen molar-refractivity contribution in [3.63, 3.8) is 0 Å². The molecule has 4 heterocycles. The highest BCUT2D eigenvalue weighted by Gasteiger charge is 2.30. The Morgan fingerprint density at radius 3 is 1.06 bits per heavy atom. The van der Waals surface area contributed by atoms with Gasteiger partial charge in [-0.05, 0) is 155 Å². The lowest BCUT2D eigenvalue weighted by Crippen LogP contribution is -2.11. The van der Waals surface area contributed by atoms with E-state index in [-0.39, 0.29) is 10.8 Å². The van der Waals surface area contributed by atoms with E-state index in [0.29, 0.717) is 0 Å². The topological polar surface area (TPSA) is 15.3 Å².